The van der Waals surface area contributed by atoms with Crippen molar-refractivity contribution >= 4 is 16.6 Å². The van der Waals surface area contributed by atoms with Crippen LogP contribution in [-0.2, 0) is 6.54 Å². The van der Waals surface area contributed by atoms with Crippen molar-refractivity contribution in [3.63, 3.8) is 0 Å². The standard InChI is InChI=1S/C15H17N5O/c1-21-13-4-3-12-5-7-17-15(14(12)11-13)16-6-2-9-20-10-8-18-19-20/h3-5,7-8,10-11H,2,6,9H2,1H3,(H,16,17). The zero-order valence-electron chi connectivity index (χ0n) is 11.9. The van der Waals surface area contributed by atoms with Crippen molar-refractivity contribution in [1.82, 2.24) is 20.0 Å². The molecule has 2 aromatic heterocycles. The minimum atomic E-state index is 0.823. The van der Waals surface area contributed by atoms with Crippen LogP contribution in [0.25, 0.3) is 10.8 Å². The van der Waals surface area contributed by atoms with E-state index in [1.807, 2.05) is 41.3 Å². The predicted octanol–water partition coefficient (Wildman–Crippen LogP) is 2.34. The van der Waals surface area contributed by atoms with E-state index in [1.165, 1.54) is 0 Å². The Morgan fingerprint density at radius 1 is 1.24 bits per heavy atom. The third kappa shape index (κ3) is 3.10. The summed E-state index contributed by atoms with van der Waals surface area (Å²) in [5, 5.41) is 13.3. The van der Waals surface area contributed by atoms with E-state index in [0.717, 1.165) is 41.9 Å². The Morgan fingerprint density at radius 2 is 2.19 bits per heavy atom. The van der Waals surface area contributed by atoms with Gasteiger partial charge in [-0.05, 0) is 30.0 Å². The summed E-state index contributed by atoms with van der Waals surface area (Å²) in [6.07, 6.45) is 6.31. The van der Waals surface area contributed by atoms with Crippen LogP contribution in [0.1, 0.15) is 6.42 Å². The van der Waals surface area contributed by atoms with Crippen LogP contribution < -0.4 is 10.1 Å². The van der Waals surface area contributed by atoms with Crippen molar-refractivity contribution in [2.75, 3.05) is 19.0 Å². The zero-order chi connectivity index (χ0) is 14.5. The second kappa shape index (κ2) is 6.21. The van der Waals surface area contributed by atoms with Gasteiger partial charge in [0.1, 0.15) is 11.6 Å². The van der Waals surface area contributed by atoms with Crippen molar-refractivity contribution in [2.45, 2.75) is 13.0 Å². The monoisotopic (exact) mass is 283 g/mol. The van der Waals surface area contributed by atoms with Crippen LogP contribution in [0.5, 0.6) is 5.75 Å². The van der Waals surface area contributed by atoms with E-state index in [0.29, 0.717) is 0 Å². The highest BCUT2D eigenvalue weighted by Gasteiger charge is 2.03. The Kier molecular flexibility index (Phi) is 3.95. The first-order chi connectivity index (χ1) is 10.4. The van der Waals surface area contributed by atoms with Crippen LogP contribution >= 0.6 is 0 Å². The molecule has 2 heterocycles. The van der Waals surface area contributed by atoms with Crippen molar-refractivity contribution in [1.29, 1.82) is 0 Å². The molecule has 0 aliphatic rings. The first kappa shape index (κ1) is 13.4. The number of methoxy groups -OCH3 is 1. The van der Waals surface area contributed by atoms with Gasteiger partial charge in [-0.2, -0.15) is 0 Å². The molecule has 0 amide bonds. The third-order valence-electron chi connectivity index (χ3n) is 3.30. The molecule has 0 unspecified atom stereocenters. The van der Waals surface area contributed by atoms with Gasteiger partial charge in [0.2, 0.25) is 0 Å². The van der Waals surface area contributed by atoms with E-state index in [9.17, 15) is 0 Å². The van der Waals surface area contributed by atoms with E-state index in [1.54, 1.807) is 13.3 Å². The Balaban J connectivity index is 1.68. The summed E-state index contributed by atoms with van der Waals surface area (Å²) in [6, 6.07) is 7.99. The summed E-state index contributed by atoms with van der Waals surface area (Å²) in [5.41, 5.74) is 0. The number of nitrogens with one attached hydrogen (secondary N) is 1. The van der Waals surface area contributed by atoms with Crippen LogP contribution in [0.3, 0.4) is 0 Å². The van der Waals surface area contributed by atoms with Gasteiger partial charge in [-0.15, -0.1) is 5.10 Å². The number of aromatic nitrogens is 4. The fourth-order valence-corrected chi connectivity index (χ4v) is 2.22. The Bertz CT molecular complexity index is 711. The smallest absolute Gasteiger partial charge is 0.133 e. The molecule has 1 aromatic carbocycles. The first-order valence-corrected chi connectivity index (χ1v) is 6.87. The lowest BCUT2D eigenvalue weighted by molar-refractivity contribution is 0.415. The SMILES string of the molecule is COc1ccc2ccnc(NCCCn3ccnn3)c2c1. The maximum atomic E-state index is 5.28. The van der Waals surface area contributed by atoms with Gasteiger partial charge in [-0.1, -0.05) is 11.3 Å². The van der Waals surface area contributed by atoms with Gasteiger partial charge in [0, 0.05) is 30.9 Å². The minimum absolute atomic E-state index is 0.823. The predicted molar refractivity (Wildman–Crippen MR) is 81.4 cm³/mol. The van der Waals surface area contributed by atoms with Crippen molar-refractivity contribution in [3.05, 3.63) is 42.9 Å². The molecule has 3 aromatic rings. The molecule has 6 heteroatoms. The van der Waals surface area contributed by atoms with Crippen molar-refractivity contribution in [3.8, 4) is 5.75 Å². The molecular formula is C15H17N5O. The van der Waals surface area contributed by atoms with Crippen LogP contribution in [0, 0.1) is 0 Å². The highest BCUT2D eigenvalue weighted by molar-refractivity contribution is 5.92. The van der Waals surface area contributed by atoms with E-state index < -0.39 is 0 Å². The lowest BCUT2D eigenvalue weighted by atomic mass is 10.1. The van der Waals surface area contributed by atoms with E-state index >= 15 is 0 Å². The highest BCUT2D eigenvalue weighted by atomic mass is 16.5. The summed E-state index contributed by atoms with van der Waals surface area (Å²) in [6.45, 7) is 1.66. The summed E-state index contributed by atoms with van der Waals surface area (Å²) in [4.78, 5) is 4.42. The van der Waals surface area contributed by atoms with E-state index in [4.69, 9.17) is 4.74 Å². The van der Waals surface area contributed by atoms with E-state index in [2.05, 4.69) is 20.6 Å². The second-order valence-corrected chi connectivity index (χ2v) is 4.69. The number of nitrogens with zero attached hydrogens (tertiary/aromatic N) is 4. The van der Waals surface area contributed by atoms with Gasteiger partial charge < -0.3 is 10.1 Å². The molecule has 3 rings (SSSR count). The molecule has 0 radical (unpaired) electrons. The zero-order valence-corrected chi connectivity index (χ0v) is 11.9. The van der Waals surface area contributed by atoms with Gasteiger partial charge in [0.05, 0.1) is 13.3 Å². The van der Waals surface area contributed by atoms with Gasteiger partial charge in [0.25, 0.3) is 0 Å². The topological polar surface area (TPSA) is 64.9 Å². The number of fused-ring (bicyclic) bond motifs is 1. The molecule has 1 N–H and O–H groups in total. The maximum absolute atomic E-state index is 5.28. The molecule has 0 aliphatic heterocycles. The summed E-state index contributed by atoms with van der Waals surface area (Å²) in [5.74, 6) is 1.71. The fraction of sp³-hybridized carbons (Fsp3) is 0.267. The van der Waals surface area contributed by atoms with Gasteiger partial charge in [-0.25, -0.2) is 4.98 Å². The molecule has 0 fully saturated rings. The molecule has 0 spiro atoms. The number of aryl methyl sites for hydroxylation is 1. The minimum Gasteiger partial charge on any atom is -0.497 e. The van der Waals surface area contributed by atoms with Crippen molar-refractivity contribution < 1.29 is 4.74 Å². The number of hydrogen-bond donors (Lipinski definition) is 1. The average Bonchev–Trinajstić information content (AvgIpc) is 3.04. The van der Waals surface area contributed by atoms with Gasteiger partial charge in [0.15, 0.2) is 0 Å². The largest absolute Gasteiger partial charge is 0.497 e. The van der Waals surface area contributed by atoms with Crippen LogP contribution in [0.2, 0.25) is 0 Å². The highest BCUT2D eigenvalue weighted by Crippen LogP contribution is 2.25. The average molecular weight is 283 g/mol. The summed E-state index contributed by atoms with van der Waals surface area (Å²) < 4.78 is 7.10. The molecule has 21 heavy (non-hydrogen) atoms. The molecule has 0 atom stereocenters. The molecule has 6 nitrogen and oxygen atoms in total. The number of pyridine rings is 1. The fourth-order valence-electron chi connectivity index (χ4n) is 2.22. The van der Waals surface area contributed by atoms with Crippen LogP contribution in [0.15, 0.2) is 42.9 Å². The first-order valence-electron chi connectivity index (χ1n) is 6.87. The maximum Gasteiger partial charge on any atom is 0.133 e. The molecular weight excluding hydrogens is 266 g/mol. The quantitative estimate of drug-likeness (QED) is 0.703. The molecule has 0 saturated heterocycles. The van der Waals surface area contributed by atoms with Crippen molar-refractivity contribution in [2.24, 2.45) is 0 Å². The Hall–Kier alpha value is -2.63. The number of rotatable bonds is 6. The molecule has 0 aliphatic carbocycles. The van der Waals surface area contributed by atoms with Crippen LogP contribution in [0.4, 0.5) is 5.82 Å². The summed E-state index contributed by atoms with van der Waals surface area (Å²) in [7, 11) is 1.67. The van der Waals surface area contributed by atoms with Gasteiger partial charge in [-0.3, -0.25) is 4.68 Å². The molecule has 0 bridgehead atoms. The lowest BCUT2D eigenvalue weighted by Crippen LogP contribution is -2.08. The Morgan fingerprint density at radius 3 is 3.00 bits per heavy atom. The molecule has 108 valence electrons. The number of anilines is 1. The number of ether oxygens (including phenoxy) is 1. The van der Waals surface area contributed by atoms with E-state index in [-0.39, 0.29) is 0 Å². The molecule has 0 saturated carbocycles. The number of hydrogen-bond acceptors (Lipinski definition) is 5. The normalized spacial score (nSPS) is 10.7. The Labute approximate surface area is 122 Å². The number of benzene rings is 1. The third-order valence-corrected chi connectivity index (χ3v) is 3.30. The summed E-state index contributed by atoms with van der Waals surface area (Å²) >= 11 is 0. The second-order valence-electron chi connectivity index (χ2n) is 4.69. The van der Waals surface area contributed by atoms with Crippen LogP contribution in [-0.4, -0.2) is 33.6 Å². The van der Waals surface area contributed by atoms with Gasteiger partial charge >= 0.3 is 0 Å². The lowest BCUT2D eigenvalue weighted by Gasteiger charge is -2.09.